The summed E-state index contributed by atoms with van der Waals surface area (Å²) < 4.78 is 26.5. The van der Waals surface area contributed by atoms with Crippen LogP contribution in [0.4, 0.5) is 4.79 Å². The standard InChI is InChI=1S/C26H50BN4O6PS2/c1-18(2)31(19(3)4)38(34-13-11-12-28)37-20-14-22(27)35-21(20)15-29-26(16-32,17-39-40-25(8,9)10)30-23(33)36-24(5,6)7/h16,18-22,29H,11,13-15,17,27H2,1-10H3,(H,30,33). The van der Waals surface area contributed by atoms with E-state index < -0.39 is 25.9 Å². The Morgan fingerprint density at radius 1 is 1.23 bits per heavy atom. The normalized spacial score (nSPS) is 22.2. The molecular formula is C26H50BN4O6PS2. The second-order valence-electron chi connectivity index (χ2n) is 12.5. The number of carbonyl (C=O) groups excluding carboxylic acids is 2. The molecule has 0 radical (unpaired) electrons. The van der Waals surface area contributed by atoms with Crippen molar-refractivity contribution < 1.29 is 28.1 Å². The zero-order valence-corrected chi connectivity index (χ0v) is 28.6. The molecule has 2 N–H and O–H groups in total. The molecule has 1 rings (SSSR count). The van der Waals surface area contributed by atoms with Crippen LogP contribution >= 0.6 is 30.1 Å². The zero-order chi connectivity index (χ0) is 30.7. The van der Waals surface area contributed by atoms with Gasteiger partial charge in [-0.3, -0.25) is 15.4 Å². The first-order valence-corrected chi connectivity index (χ1v) is 17.3. The van der Waals surface area contributed by atoms with Crippen molar-refractivity contribution in [2.45, 2.75) is 128 Å². The van der Waals surface area contributed by atoms with Gasteiger partial charge in [0.25, 0.3) is 8.53 Å². The summed E-state index contributed by atoms with van der Waals surface area (Å²) in [5.74, 6) is 0.282. The lowest BCUT2D eigenvalue weighted by Crippen LogP contribution is -2.64. The summed E-state index contributed by atoms with van der Waals surface area (Å²) in [5, 5.41) is 15.1. The number of nitrogens with zero attached hydrogens (tertiary/aromatic N) is 2. The van der Waals surface area contributed by atoms with Crippen molar-refractivity contribution in [1.29, 1.82) is 5.26 Å². The molecule has 1 amide bonds. The average molecular weight is 621 g/mol. The molecule has 14 heteroatoms. The van der Waals surface area contributed by atoms with Gasteiger partial charge in [-0.25, -0.2) is 9.46 Å². The van der Waals surface area contributed by atoms with Crippen LogP contribution in [0.2, 0.25) is 0 Å². The van der Waals surface area contributed by atoms with E-state index in [1.54, 1.807) is 31.6 Å². The number of ether oxygens (including phenoxy) is 2. The Morgan fingerprint density at radius 3 is 2.35 bits per heavy atom. The second kappa shape index (κ2) is 16.9. The Labute approximate surface area is 251 Å². The first kappa shape index (κ1) is 37.5. The summed E-state index contributed by atoms with van der Waals surface area (Å²) in [6.07, 6.45) is 0.272. The molecule has 1 saturated heterocycles. The van der Waals surface area contributed by atoms with Crippen molar-refractivity contribution in [3.8, 4) is 6.07 Å². The number of hydrogen-bond donors (Lipinski definition) is 2. The molecule has 1 aliphatic heterocycles. The second-order valence-corrected chi connectivity index (χ2v) is 17.0. The lowest BCUT2D eigenvalue weighted by Gasteiger charge is -2.38. The molecule has 40 heavy (non-hydrogen) atoms. The molecule has 1 aliphatic rings. The SMILES string of the molecule is BC1CC(OP(OCCC#N)N(C(C)C)C(C)C)C(CNC(C=O)(CSSC(C)(C)C)NC(=O)OC(C)(C)C)O1. The van der Waals surface area contributed by atoms with Crippen LogP contribution < -0.4 is 10.6 Å². The van der Waals surface area contributed by atoms with Gasteiger partial charge in [-0.1, -0.05) is 42.4 Å². The van der Waals surface area contributed by atoms with Crippen LogP contribution in [0.1, 0.15) is 82.1 Å². The summed E-state index contributed by atoms with van der Waals surface area (Å²) in [6, 6.07) is 2.40. The van der Waals surface area contributed by atoms with Crippen molar-refractivity contribution in [2.75, 3.05) is 18.9 Å². The molecule has 0 aromatic carbocycles. The van der Waals surface area contributed by atoms with E-state index in [2.05, 4.69) is 69.8 Å². The van der Waals surface area contributed by atoms with Crippen molar-refractivity contribution in [2.24, 2.45) is 0 Å². The summed E-state index contributed by atoms with van der Waals surface area (Å²) >= 11 is 0. The van der Waals surface area contributed by atoms with Crippen LogP contribution in [-0.4, -0.2) is 90.1 Å². The third-order valence-corrected chi connectivity index (χ3v) is 11.0. The van der Waals surface area contributed by atoms with Gasteiger partial charge in [0.05, 0.1) is 31.3 Å². The van der Waals surface area contributed by atoms with E-state index in [4.69, 9.17) is 23.8 Å². The first-order chi connectivity index (χ1) is 18.4. The molecule has 1 fully saturated rings. The monoisotopic (exact) mass is 620 g/mol. The van der Waals surface area contributed by atoms with Crippen molar-refractivity contribution >= 4 is 50.3 Å². The maximum atomic E-state index is 12.7. The summed E-state index contributed by atoms with van der Waals surface area (Å²) in [4.78, 5) is 25.3. The summed E-state index contributed by atoms with van der Waals surface area (Å²) in [6.45, 7) is 20.5. The fourth-order valence-electron chi connectivity index (χ4n) is 3.93. The minimum Gasteiger partial charge on any atom is -0.444 e. The number of hydrogen-bond acceptors (Lipinski definition) is 11. The molecule has 0 aliphatic carbocycles. The van der Waals surface area contributed by atoms with Gasteiger partial charge in [0.15, 0.2) is 11.9 Å². The number of nitriles is 1. The smallest absolute Gasteiger partial charge is 0.409 e. The third-order valence-electron chi connectivity index (χ3n) is 5.41. The van der Waals surface area contributed by atoms with E-state index in [1.807, 2.05) is 7.85 Å². The van der Waals surface area contributed by atoms with Gasteiger partial charge in [-0.2, -0.15) is 5.26 Å². The fraction of sp³-hybridized carbons (Fsp3) is 0.885. The fourth-order valence-corrected chi connectivity index (χ4v) is 8.32. The Hall–Kier alpha value is -0.575. The number of amides is 1. The van der Waals surface area contributed by atoms with Gasteiger partial charge in [0, 0.05) is 35.1 Å². The van der Waals surface area contributed by atoms with Crippen LogP contribution in [0, 0.1) is 11.3 Å². The number of alkyl carbamates (subject to hydrolysis) is 1. The predicted molar refractivity (Wildman–Crippen MR) is 168 cm³/mol. The van der Waals surface area contributed by atoms with Crippen LogP contribution in [-0.2, 0) is 23.3 Å². The molecular weight excluding hydrogens is 570 g/mol. The van der Waals surface area contributed by atoms with E-state index in [-0.39, 0.29) is 60.4 Å². The number of aldehydes is 1. The van der Waals surface area contributed by atoms with Gasteiger partial charge in [-0.05, 0) is 54.9 Å². The van der Waals surface area contributed by atoms with E-state index in [0.29, 0.717) is 6.42 Å². The molecule has 1 heterocycles. The highest BCUT2D eigenvalue weighted by Crippen LogP contribution is 2.49. The highest BCUT2D eigenvalue weighted by Gasteiger charge is 2.41. The van der Waals surface area contributed by atoms with E-state index >= 15 is 0 Å². The molecule has 0 aromatic heterocycles. The predicted octanol–water partition coefficient (Wildman–Crippen LogP) is 4.59. The van der Waals surface area contributed by atoms with Gasteiger partial charge >= 0.3 is 6.09 Å². The van der Waals surface area contributed by atoms with Crippen molar-refractivity contribution in [3.05, 3.63) is 0 Å². The third kappa shape index (κ3) is 14.1. The highest BCUT2D eigenvalue weighted by atomic mass is 33.1. The Bertz CT molecular complexity index is 831. The molecule has 0 aromatic rings. The van der Waals surface area contributed by atoms with Gasteiger partial charge in [0.2, 0.25) is 0 Å². The number of rotatable bonds is 16. The highest BCUT2D eigenvalue weighted by molar-refractivity contribution is 8.77. The van der Waals surface area contributed by atoms with Gasteiger partial charge < -0.3 is 18.5 Å². The lowest BCUT2D eigenvalue weighted by molar-refractivity contribution is -0.114. The minimum atomic E-state index is -1.46. The quantitative estimate of drug-likeness (QED) is 0.0630. The summed E-state index contributed by atoms with van der Waals surface area (Å²) in [5.41, 5.74) is -2.09. The maximum Gasteiger partial charge on any atom is 0.409 e. The van der Waals surface area contributed by atoms with Gasteiger partial charge in [0.1, 0.15) is 13.4 Å². The number of carbonyl (C=O) groups is 2. The number of nitrogens with one attached hydrogen (secondary N) is 2. The van der Waals surface area contributed by atoms with E-state index in [1.165, 1.54) is 10.8 Å². The first-order valence-electron chi connectivity index (χ1n) is 13.9. The van der Waals surface area contributed by atoms with Crippen molar-refractivity contribution in [1.82, 2.24) is 15.3 Å². The van der Waals surface area contributed by atoms with Crippen LogP contribution in [0.15, 0.2) is 0 Å². The maximum absolute atomic E-state index is 12.7. The molecule has 0 bridgehead atoms. The Morgan fingerprint density at radius 2 is 1.85 bits per heavy atom. The molecule has 0 saturated carbocycles. The average Bonchev–Trinajstić information content (AvgIpc) is 3.13. The Kier molecular flexibility index (Phi) is 15.8. The lowest BCUT2D eigenvalue weighted by atomic mass is 9.96. The van der Waals surface area contributed by atoms with Crippen LogP contribution in [0.3, 0.4) is 0 Å². The summed E-state index contributed by atoms with van der Waals surface area (Å²) in [7, 11) is 3.65. The molecule has 5 atom stereocenters. The minimum absolute atomic E-state index is 0.0322. The van der Waals surface area contributed by atoms with Crippen molar-refractivity contribution in [3.63, 3.8) is 0 Å². The molecule has 5 unspecified atom stereocenters. The molecule has 0 spiro atoms. The molecule has 10 nitrogen and oxygen atoms in total. The Balaban J connectivity index is 3.12. The largest absolute Gasteiger partial charge is 0.444 e. The zero-order valence-electron chi connectivity index (χ0n) is 26.1. The van der Waals surface area contributed by atoms with E-state index in [0.717, 1.165) is 6.29 Å². The topological polar surface area (TPSA) is 122 Å². The molecule has 230 valence electrons. The van der Waals surface area contributed by atoms with Gasteiger partial charge in [-0.15, -0.1) is 0 Å². The van der Waals surface area contributed by atoms with Crippen LogP contribution in [0.25, 0.3) is 0 Å². The van der Waals surface area contributed by atoms with E-state index in [9.17, 15) is 9.59 Å². The van der Waals surface area contributed by atoms with Crippen LogP contribution in [0.5, 0.6) is 0 Å².